The van der Waals surface area contributed by atoms with Gasteiger partial charge in [0, 0.05) is 23.7 Å². The van der Waals surface area contributed by atoms with E-state index in [9.17, 15) is 4.79 Å². The van der Waals surface area contributed by atoms with Gasteiger partial charge in [-0.3, -0.25) is 9.36 Å². The lowest BCUT2D eigenvalue weighted by atomic mass is 10.1. The van der Waals surface area contributed by atoms with Crippen LogP contribution in [0.15, 0.2) is 112 Å². The minimum absolute atomic E-state index is 0.00634. The first kappa shape index (κ1) is 20.2. The van der Waals surface area contributed by atoms with Crippen molar-refractivity contribution in [2.24, 2.45) is 0 Å². The van der Waals surface area contributed by atoms with E-state index in [1.807, 2.05) is 61.5 Å². The van der Waals surface area contributed by atoms with Gasteiger partial charge in [0.2, 0.25) is 0 Å². The summed E-state index contributed by atoms with van der Waals surface area (Å²) >= 11 is 0. The molecule has 0 N–H and O–H groups in total. The minimum Gasteiger partial charge on any atom is -0.460 e. The molecule has 0 atom stereocenters. The van der Waals surface area contributed by atoms with Crippen molar-refractivity contribution in [1.29, 1.82) is 0 Å². The van der Waals surface area contributed by atoms with Crippen LogP contribution in [0.3, 0.4) is 0 Å². The van der Waals surface area contributed by atoms with Gasteiger partial charge in [0.25, 0.3) is 0 Å². The molecule has 0 aliphatic rings. The molecule has 0 saturated heterocycles. The maximum atomic E-state index is 12.6. The summed E-state index contributed by atoms with van der Waals surface area (Å²) in [6, 6.07) is 34.1. The van der Waals surface area contributed by atoms with Gasteiger partial charge in [-0.05, 0) is 48.9 Å². The molecule has 0 radical (unpaired) electrons. The van der Waals surface area contributed by atoms with Crippen molar-refractivity contribution in [3.8, 4) is 17.1 Å². The van der Waals surface area contributed by atoms with Gasteiger partial charge >= 0.3 is 0 Å². The molecule has 0 fully saturated rings. The smallest absolute Gasteiger partial charge is 0.192 e. The summed E-state index contributed by atoms with van der Waals surface area (Å²) in [5, 5.41) is 0.624. The average Bonchev–Trinajstić information content (AvgIpc) is 3.25. The summed E-state index contributed by atoms with van der Waals surface area (Å²) in [5.74, 6) is 1.55. The Kier molecular flexibility index (Phi) is 4.84. The van der Waals surface area contributed by atoms with E-state index in [0.29, 0.717) is 23.2 Å². The zero-order valence-electron chi connectivity index (χ0n) is 18.7. The molecule has 4 heteroatoms. The zero-order valence-corrected chi connectivity index (χ0v) is 18.7. The summed E-state index contributed by atoms with van der Waals surface area (Å²) in [6.07, 6.45) is 0.550. The number of imidazole rings is 1. The van der Waals surface area contributed by atoms with Crippen LogP contribution >= 0.6 is 0 Å². The predicted molar refractivity (Wildman–Crippen MR) is 137 cm³/mol. The van der Waals surface area contributed by atoms with Crippen molar-refractivity contribution >= 4 is 22.0 Å². The van der Waals surface area contributed by atoms with E-state index in [4.69, 9.17) is 9.40 Å². The molecule has 0 aliphatic heterocycles. The Morgan fingerprint density at radius 3 is 2.41 bits per heavy atom. The van der Waals surface area contributed by atoms with Gasteiger partial charge in [-0.2, -0.15) is 0 Å². The van der Waals surface area contributed by atoms with Crippen LogP contribution in [0.2, 0.25) is 0 Å². The first-order chi connectivity index (χ1) is 16.7. The first-order valence-electron chi connectivity index (χ1n) is 11.3. The summed E-state index contributed by atoms with van der Waals surface area (Å²) in [4.78, 5) is 17.5. The van der Waals surface area contributed by atoms with Crippen LogP contribution in [-0.4, -0.2) is 9.55 Å². The largest absolute Gasteiger partial charge is 0.460 e. The first-order valence-corrected chi connectivity index (χ1v) is 11.3. The number of aromatic nitrogens is 2. The highest BCUT2D eigenvalue weighted by molar-refractivity contribution is 5.83. The SMILES string of the molecule is Cc1ccc2oc(Cc3ccc(-c4nc5ccccc5n4-c4ccccc4)cc3)cc(=O)c2c1. The van der Waals surface area contributed by atoms with Gasteiger partial charge in [-0.1, -0.05) is 66.2 Å². The lowest BCUT2D eigenvalue weighted by Crippen LogP contribution is -2.03. The topological polar surface area (TPSA) is 48.0 Å². The third kappa shape index (κ3) is 3.59. The number of para-hydroxylation sites is 3. The van der Waals surface area contributed by atoms with Crippen LogP contribution in [0.25, 0.3) is 39.1 Å². The number of nitrogens with zero attached hydrogens (tertiary/aromatic N) is 2. The molecule has 34 heavy (non-hydrogen) atoms. The second-order valence-corrected chi connectivity index (χ2v) is 8.55. The Balaban J connectivity index is 1.37. The molecule has 0 spiro atoms. The van der Waals surface area contributed by atoms with Gasteiger partial charge in [0.15, 0.2) is 5.43 Å². The molecule has 0 aliphatic carbocycles. The van der Waals surface area contributed by atoms with E-state index in [-0.39, 0.29) is 5.43 Å². The minimum atomic E-state index is -0.00634. The third-order valence-corrected chi connectivity index (χ3v) is 6.10. The van der Waals surface area contributed by atoms with Crippen LogP contribution < -0.4 is 5.43 Å². The molecule has 0 amide bonds. The van der Waals surface area contributed by atoms with E-state index >= 15 is 0 Å². The highest BCUT2D eigenvalue weighted by Crippen LogP contribution is 2.29. The summed E-state index contributed by atoms with van der Waals surface area (Å²) in [6.45, 7) is 1.97. The van der Waals surface area contributed by atoms with Crippen molar-refractivity contribution in [3.05, 3.63) is 130 Å². The molecule has 0 bridgehead atoms. The number of aryl methyl sites for hydroxylation is 1. The number of benzene rings is 4. The quantitative estimate of drug-likeness (QED) is 0.305. The van der Waals surface area contributed by atoms with Gasteiger partial charge in [-0.25, -0.2) is 4.98 Å². The second-order valence-electron chi connectivity index (χ2n) is 8.55. The van der Waals surface area contributed by atoms with Gasteiger partial charge < -0.3 is 4.42 Å². The van der Waals surface area contributed by atoms with E-state index < -0.39 is 0 Å². The predicted octanol–water partition coefficient (Wildman–Crippen LogP) is 6.70. The number of fused-ring (bicyclic) bond motifs is 2. The zero-order chi connectivity index (χ0) is 23.1. The Bertz CT molecular complexity index is 1690. The molecule has 164 valence electrons. The van der Waals surface area contributed by atoms with Crippen molar-refractivity contribution in [2.75, 3.05) is 0 Å². The molecule has 0 unspecified atom stereocenters. The van der Waals surface area contributed by atoms with Crippen LogP contribution in [0.4, 0.5) is 0 Å². The maximum Gasteiger partial charge on any atom is 0.192 e. The standard InChI is InChI=1S/C30H22N2O2/c1-20-11-16-29-25(17-20)28(33)19-24(34-29)18-21-12-14-22(15-13-21)30-31-26-9-5-6-10-27(26)32(30)23-7-3-2-4-8-23/h2-17,19H,18H2,1H3. The molecule has 2 aromatic heterocycles. The Labute approximate surface area is 196 Å². The van der Waals surface area contributed by atoms with E-state index in [0.717, 1.165) is 39.2 Å². The monoisotopic (exact) mass is 442 g/mol. The van der Waals surface area contributed by atoms with Crippen molar-refractivity contribution < 1.29 is 4.42 Å². The van der Waals surface area contributed by atoms with E-state index in [1.165, 1.54) is 0 Å². The van der Waals surface area contributed by atoms with Crippen LogP contribution in [0.5, 0.6) is 0 Å². The third-order valence-electron chi connectivity index (χ3n) is 6.10. The molecule has 4 aromatic carbocycles. The summed E-state index contributed by atoms with van der Waals surface area (Å²) < 4.78 is 8.21. The van der Waals surface area contributed by atoms with Crippen molar-refractivity contribution in [2.45, 2.75) is 13.3 Å². The molecule has 4 nitrogen and oxygen atoms in total. The Morgan fingerprint density at radius 1 is 0.824 bits per heavy atom. The van der Waals surface area contributed by atoms with Crippen molar-refractivity contribution in [1.82, 2.24) is 9.55 Å². The molecular weight excluding hydrogens is 420 g/mol. The molecular formula is C30H22N2O2. The number of rotatable bonds is 4. The summed E-state index contributed by atoms with van der Waals surface area (Å²) in [5.41, 5.74) is 6.86. The Hall–Kier alpha value is -4.44. The maximum absolute atomic E-state index is 12.6. The normalized spacial score (nSPS) is 11.3. The Morgan fingerprint density at radius 2 is 1.59 bits per heavy atom. The number of hydrogen-bond acceptors (Lipinski definition) is 3. The molecule has 6 aromatic rings. The highest BCUT2D eigenvalue weighted by atomic mass is 16.3. The fraction of sp³-hybridized carbons (Fsp3) is 0.0667. The van der Waals surface area contributed by atoms with Crippen LogP contribution in [0.1, 0.15) is 16.9 Å². The highest BCUT2D eigenvalue weighted by Gasteiger charge is 2.14. The fourth-order valence-corrected chi connectivity index (χ4v) is 4.44. The van der Waals surface area contributed by atoms with Crippen molar-refractivity contribution in [3.63, 3.8) is 0 Å². The van der Waals surface area contributed by atoms with Crippen LogP contribution in [0, 0.1) is 6.92 Å². The van der Waals surface area contributed by atoms with Gasteiger partial charge in [-0.15, -0.1) is 0 Å². The lowest BCUT2D eigenvalue weighted by Gasteiger charge is -2.10. The lowest BCUT2D eigenvalue weighted by molar-refractivity contribution is 0.549. The average molecular weight is 443 g/mol. The number of hydrogen-bond donors (Lipinski definition) is 0. The summed E-state index contributed by atoms with van der Waals surface area (Å²) in [7, 11) is 0. The second kappa shape index (κ2) is 8.16. The van der Waals surface area contributed by atoms with Gasteiger partial charge in [0.05, 0.1) is 16.4 Å². The van der Waals surface area contributed by atoms with Crippen LogP contribution in [-0.2, 0) is 6.42 Å². The molecule has 0 saturated carbocycles. The molecule has 6 rings (SSSR count). The fourth-order valence-electron chi connectivity index (χ4n) is 4.44. The van der Waals surface area contributed by atoms with Gasteiger partial charge in [0.1, 0.15) is 17.2 Å². The van der Waals surface area contributed by atoms with E-state index in [1.54, 1.807) is 6.07 Å². The van der Waals surface area contributed by atoms with E-state index in [2.05, 4.69) is 47.0 Å². The molecule has 2 heterocycles.